The summed E-state index contributed by atoms with van der Waals surface area (Å²) in [6.45, 7) is 0. The van der Waals surface area contributed by atoms with E-state index in [2.05, 4.69) is 15.6 Å². The number of halogens is 1. The molecule has 38 heavy (non-hydrogen) atoms. The number of nitrogens with zero attached hydrogens (tertiary/aromatic N) is 1. The van der Waals surface area contributed by atoms with Gasteiger partial charge in [-0.1, -0.05) is 41.9 Å². The van der Waals surface area contributed by atoms with Crippen molar-refractivity contribution in [2.24, 2.45) is 11.8 Å². The molecule has 1 aromatic heterocycles. The second-order valence-electron chi connectivity index (χ2n) is 9.95. The molecule has 1 spiro atoms. The minimum Gasteiger partial charge on any atom is -0.497 e. The number of methoxy groups -OCH3 is 1. The molecule has 9 heteroatoms. The zero-order valence-corrected chi connectivity index (χ0v) is 21.1. The van der Waals surface area contributed by atoms with Gasteiger partial charge < -0.3 is 15.0 Å². The second-order valence-corrected chi connectivity index (χ2v) is 10.4. The highest BCUT2D eigenvalue weighted by Crippen LogP contribution is 2.55. The van der Waals surface area contributed by atoms with E-state index in [0.29, 0.717) is 34.1 Å². The van der Waals surface area contributed by atoms with Gasteiger partial charge in [0.15, 0.2) is 0 Å². The molecule has 0 unspecified atom stereocenters. The molecule has 3 amide bonds. The summed E-state index contributed by atoms with van der Waals surface area (Å²) in [4.78, 5) is 46.4. The molecule has 4 atom stereocenters. The van der Waals surface area contributed by atoms with Gasteiger partial charge in [-0.25, -0.2) is 4.90 Å². The maximum Gasteiger partial charge on any atom is 0.250 e. The molecular weight excluding hydrogens is 504 g/mol. The molecule has 0 saturated carbocycles. The van der Waals surface area contributed by atoms with E-state index in [-0.39, 0.29) is 11.8 Å². The molecule has 190 valence electrons. The van der Waals surface area contributed by atoms with Gasteiger partial charge in [0, 0.05) is 28.7 Å². The average molecular weight is 527 g/mol. The van der Waals surface area contributed by atoms with Crippen LogP contribution in [0, 0.1) is 11.8 Å². The van der Waals surface area contributed by atoms with E-state index < -0.39 is 29.3 Å². The lowest BCUT2D eigenvalue weighted by atomic mass is 9.76. The van der Waals surface area contributed by atoms with Gasteiger partial charge in [0.2, 0.25) is 17.7 Å². The molecule has 2 fully saturated rings. The van der Waals surface area contributed by atoms with Crippen molar-refractivity contribution in [3.63, 3.8) is 0 Å². The lowest BCUT2D eigenvalue weighted by Gasteiger charge is -2.29. The Morgan fingerprint density at radius 2 is 1.76 bits per heavy atom. The molecule has 3 N–H and O–H groups in total. The van der Waals surface area contributed by atoms with Crippen molar-refractivity contribution in [2.75, 3.05) is 17.3 Å². The Hall–Kier alpha value is -4.14. The van der Waals surface area contributed by atoms with Crippen molar-refractivity contribution in [3.8, 4) is 5.75 Å². The molecule has 2 saturated heterocycles. The van der Waals surface area contributed by atoms with Crippen LogP contribution in [0.1, 0.15) is 11.1 Å². The molecule has 0 bridgehead atoms. The lowest BCUT2D eigenvalue weighted by Crippen LogP contribution is -2.53. The molecular formula is C29H23ClN4O4. The third-order valence-electron chi connectivity index (χ3n) is 8.14. The van der Waals surface area contributed by atoms with Gasteiger partial charge >= 0.3 is 0 Å². The number of aromatic amines is 1. The van der Waals surface area contributed by atoms with Crippen molar-refractivity contribution in [1.29, 1.82) is 0 Å². The molecule has 0 radical (unpaired) electrons. The summed E-state index contributed by atoms with van der Waals surface area (Å²) in [6, 6.07) is 19.5. The largest absolute Gasteiger partial charge is 0.497 e. The number of para-hydroxylation sites is 2. The van der Waals surface area contributed by atoms with Crippen LogP contribution < -0.4 is 20.3 Å². The third-order valence-corrected chi connectivity index (χ3v) is 8.46. The van der Waals surface area contributed by atoms with Crippen LogP contribution in [-0.4, -0.2) is 35.9 Å². The van der Waals surface area contributed by atoms with Crippen LogP contribution in [0.25, 0.3) is 10.9 Å². The predicted molar refractivity (Wildman–Crippen MR) is 143 cm³/mol. The van der Waals surface area contributed by atoms with E-state index in [1.807, 2.05) is 30.5 Å². The fourth-order valence-electron chi connectivity index (χ4n) is 6.49. The van der Waals surface area contributed by atoms with E-state index in [1.54, 1.807) is 49.6 Å². The lowest BCUT2D eigenvalue weighted by molar-refractivity contribution is -0.130. The van der Waals surface area contributed by atoms with E-state index in [0.717, 1.165) is 16.5 Å². The number of carbonyl (C=O) groups is 3. The van der Waals surface area contributed by atoms with Crippen molar-refractivity contribution < 1.29 is 19.1 Å². The number of aromatic nitrogens is 1. The number of anilines is 2. The molecule has 3 aliphatic heterocycles. The van der Waals surface area contributed by atoms with Gasteiger partial charge in [-0.2, -0.15) is 0 Å². The maximum absolute atomic E-state index is 14.1. The smallest absolute Gasteiger partial charge is 0.250 e. The summed E-state index contributed by atoms with van der Waals surface area (Å²) in [6.07, 6.45) is 2.37. The number of hydrogen-bond donors (Lipinski definition) is 3. The van der Waals surface area contributed by atoms with E-state index in [1.165, 1.54) is 4.90 Å². The Morgan fingerprint density at radius 3 is 2.55 bits per heavy atom. The number of nitrogens with one attached hydrogen (secondary N) is 3. The molecule has 3 aromatic carbocycles. The Bertz CT molecular complexity index is 1650. The number of carbonyl (C=O) groups excluding carboxylic acids is 3. The summed E-state index contributed by atoms with van der Waals surface area (Å²) in [5.74, 6) is -2.21. The zero-order chi connectivity index (χ0) is 26.2. The Morgan fingerprint density at radius 1 is 0.974 bits per heavy atom. The Labute approximate surface area is 222 Å². The molecule has 0 aliphatic carbocycles. The topological polar surface area (TPSA) is 104 Å². The first kappa shape index (κ1) is 23.0. The normalized spacial score (nSPS) is 25.8. The second kappa shape index (κ2) is 8.18. The van der Waals surface area contributed by atoms with Crippen molar-refractivity contribution >= 4 is 51.6 Å². The monoisotopic (exact) mass is 526 g/mol. The van der Waals surface area contributed by atoms with Gasteiger partial charge in [-0.3, -0.25) is 19.7 Å². The van der Waals surface area contributed by atoms with Gasteiger partial charge in [-0.05, 0) is 48.4 Å². The van der Waals surface area contributed by atoms with Crippen LogP contribution >= 0.6 is 11.6 Å². The Kier molecular flexibility index (Phi) is 4.95. The fraction of sp³-hybridized carbons (Fsp3) is 0.207. The standard InChI is InChI=1S/C29H23ClN4O4/c1-38-17-11-9-16(10-12-17)34-26(35)23-22(13-15-14-31-21-8-3-2-5-18(15)21)33-29(24(23)27(34)36)19-6-4-7-20(30)25(19)32-28(29)37/h2-12,14,22-24,31,33H,13H2,1H3,(H,32,37)/t22-,23-,24+,29+/m1/s1. The van der Waals surface area contributed by atoms with E-state index in [9.17, 15) is 14.4 Å². The van der Waals surface area contributed by atoms with Crippen LogP contribution in [0.3, 0.4) is 0 Å². The molecule has 3 aliphatic rings. The quantitative estimate of drug-likeness (QED) is 0.349. The highest BCUT2D eigenvalue weighted by atomic mass is 35.5. The number of hydrogen-bond acceptors (Lipinski definition) is 5. The van der Waals surface area contributed by atoms with Gasteiger partial charge in [0.05, 0.1) is 35.3 Å². The van der Waals surface area contributed by atoms with E-state index in [4.69, 9.17) is 16.3 Å². The van der Waals surface area contributed by atoms with Crippen LogP contribution in [-0.2, 0) is 26.3 Å². The number of fused-ring (bicyclic) bond motifs is 5. The minimum atomic E-state index is -1.42. The predicted octanol–water partition coefficient (Wildman–Crippen LogP) is 4.00. The van der Waals surface area contributed by atoms with Crippen LogP contribution in [0.2, 0.25) is 5.02 Å². The Balaban J connectivity index is 1.37. The van der Waals surface area contributed by atoms with Crippen molar-refractivity contribution in [1.82, 2.24) is 10.3 Å². The SMILES string of the molecule is COc1ccc(N2C(=O)[C@H]3[C@@H](C2=O)[C@]2(N[C@@H]3Cc3c[nH]c4ccccc34)C(=O)Nc3c(Cl)cccc32)cc1. The number of rotatable bonds is 4. The first-order valence-corrected chi connectivity index (χ1v) is 12.8. The summed E-state index contributed by atoms with van der Waals surface area (Å²) in [5, 5.41) is 7.79. The van der Waals surface area contributed by atoms with Gasteiger partial charge in [0.25, 0.3) is 0 Å². The molecule has 4 heterocycles. The summed E-state index contributed by atoms with van der Waals surface area (Å²) in [7, 11) is 1.55. The first-order chi connectivity index (χ1) is 18.4. The van der Waals surface area contributed by atoms with Crippen LogP contribution in [0.15, 0.2) is 72.9 Å². The van der Waals surface area contributed by atoms with Crippen LogP contribution in [0.5, 0.6) is 5.75 Å². The van der Waals surface area contributed by atoms with Crippen molar-refractivity contribution in [3.05, 3.63) is 89.1 Å². The summed E-state index contributed by atoms with van der Waals surface area (Å²) < 4.78 is 5.24. The third kappa shape index (κ3) is 2.98. The minimum absolute atomic E-state index is 0.331. The average Bonchev–Trinajstić information content (AvgIpc) is 3.64. The van der Waals surface area contributed by atoms with Gasteiger partial charge in [0.1, 0.15) is 11.3 Å². The highest BCUT2D eigenvalue weighted by molar-refractivity contribution is 6.35. The summed E-state index contributed by atoms with van der Waals surface area (Å²) >= 11 is 6.45. The number of ether oxygens (including phenoxy) is 1. The molecule has 8 nitrogen and oxygen atoms in total. The number of benzene rings is 3. The molecule has 4 aromatic rings. The van der Waals surface area contributed by atoms with Gasteiger partial charge in [-0.15, -0.1) is 0 Å². The van der Waals surface area contributed by atoms with Crippen LogP contribution in [0.4, 0.5) is 11.4 Å². The zero-order valence-electron chi connectivity index (χ0n) is 20.3. The number of imide groups is 1. The maximum atomic E-state index is 14.1. The number of H-pyrrole nitrogens is 1. The number of amides is 3. The molecule has 7 rings (SSSR count). The van der Waals surface area contributed by atoms with Crippen molar-refractivity contribution in [2.45, 2.75) is 18.0 Å². The fourth-order valence-corrected chi connectivity index (χ4v) is 6.71. The van der Waals surface area contributed by atoms with E-state index >= 15 is 0 Å². The highest BCUT2D eigenvalue weighted by Gasteiger charge is 2.70. The summed E-state index contributed by atoms with van der Waals surface area (Å²) in [5.41, 5.74) is 2.07. The first-order valence-electron chi connectivity index (χ1n) is 12.4.